The Labute approximate surface area is 116 Å². The summed E-state index contributed by atoms with van der Waals surface area (Å²) >= 11 is 3.39. The minimum atomic E-state index is 0.251. The van der Waals surface area contributed by atoms with Crippen LogP contribution in [0.3, 0.4) is 0 Å². The molecule has 2 heterocycles. The van der Waals surface area contributed by atoms with Crippen molar-refractivity contribution in [2.24, 2.45) is 0 Å². The topological polar surface area (TPSA) is 90.7 Å². The van der Waals surface area contributed by atoms with Crippen molar-refractivity contribution in [3.63, 3.8) is 0 Å². The zero-order chi connectivity index (χ0) is 13.2. The number of rotatable bonds is 2. The number of aromatic nitrogens is 4. The van der Waals surface area contributed by atoms with Crippen molar-refractivity contribution in [3.05, 3.63) is 41.1 Å². The van der Waals surface area contributed by atoms with E-state index in [1.165, 1.54) is 12.4 Å². The molecule has 0 atom stereocenters. The molecule has 0 bridgehead atoms. The van der Waals surface area contributed by atoms with Crippen LogP contribution in [0.2, 0.25) is 0 Å². The minimum absolute atomic E-state index is 0.251. The summed E-state index contributed by atoms with van der Waals surface area (Å²) in [4.78, 5) is 12.3. The van der Waals surface area contributed by atoms with E-state index in [9.17, 15) is 0 Å². The summed E-state index contributed by atoms with van der Waals surface area (Å²) in [5.41, 5.74) is 6.94. The van der Waals surface area contributed by atoms with Crippen LogP contribution in [-0.2, 0) is 0 Å². The molecule has 7 heteroatoms. The maximum Gasteiger partial charge on any atom is 0.280 e. The van der Waals surface area contributed by atoms with Gasteiger partial charge in [-0.1, -0.05) is 33.2 Å². The Morgan fingerprint density at radius 2 is 2.00 bits per heavy atom. The second-order valence-electron chi connectivity index (χ2n) is 3.72. The fourth-order valence-corrected chi connectivity index (χ4v) is 1.98. The van der Waals surface area contributed by atoms with E-state index < -0.39 is 0 Å². The van der Waals surface area contributed by atoms with Gasteiger partial charge in [0.1, 0.15) is 0 Å². The van der Waals surface area contributed by atoms with Gasteiger partial charge < -0.3 is 10.3 Å². The van der Waals surface area contributed by atoms with E-state index in [4.69, 9.17) is 10.3 Å². The SMILES string of the molecule is Nc1nccnc1-c1nc(-c2cccc(Br)c2)no1. The molecule has 0 amide bonds. The van der Waals surface area contributed by atoms with Crippen LogP contribution in [0.4, 0.5) is 5.82 Å². The lowest BCUT2D eigenvalue weighted by Crippen LogP contribution is -1.96. The molecule has 0 aliphatic carbocycles. The van der Waals surface area contributed by atoms with Crippen LogP contribution in [0, 0.1) is 0 Å². The summed E-state index contributed by atoms with van der Waals surface area (Å²) in [6.07, 6.45) is 3.03. The summed E-state index contributed by atoms with van der Waals surface area (Å²) in [5, 5.41) is 3.91. The van der Waals surface area contributed by atoms with Gasteiger partial charge in [0.25, 0.3) is 5.89 Å². The molecule has 3 rings (SSSR count). The van der Waals surface area contributed by atoms with Crippen LogP contribution < -0.4 is 5.73 Å². The van der Waals surface area contributed by atoms with Crippen molar-refractivity contribution in [2.75, 3.05) is 5.73 Å². The van der Waals surface area contributed by atoms with Crippen molar-refractivity contribution in [2.45, 2.75) is 0 Å². The Bertz CT molecular complexity index is 727. The third kappa shape index (κ3) is 2.32. The Kier molecular flexibility index (Phi) is 2.96. The predicted molar refractivity (Wildman–Crippen MR) is 72.9 cm³/mol. The molecule has 94 valence electrons. The molecule has 2 N–H and O–H groups in total. The first-order chi connectivity index (χ1) is 9.24. The number of anilines is 1. The van der Waals surface area contributed by atoms with Gasteiger partial charge in [0.15, 0.2) is 11.5 Å². The third-order valence-corrected chi connectivity index (χ3v) is 2.93. The lowest BCUT2D eigenvalue weighted by molar-refractivity contribution is 0.431. The lowest BCUT2D eigenvalue weighted by atomic mass is 10.2. The fraction of sp³-hybridized carbons (Fsp3) is 0. The monoisotopic (exact) mass is 317 g/mol. The minimum Gasteiger partial charge on any atom is -0.382 e. The smallest absolute Gasteiger partial charge is 0.280 e. The Morgan fingerprint density at radius 1 is 1.16 bits per heavy atom. The van der Waals surface area contributed by atoms with Gasteiger partial charge in [-0.05, 0) is 12.1 Å². The highest BCUT2D eigenvalue weighted by Crippen LogP contribution is 2.24. The second kappa shape index (κ2) is 4.77. The van der Waals surface area contributed by atoms with Gasteiger partial charge in [0, 0.05) is 22.4 Å². The van der Waals surface area contributed by atoms with Gasteiger partial charge in [0.05, 0.1) is 0 Å². The second-order valence-corrected chi connectivity index (χ2v) is 4.64. The number of hydrogen-bond acceptors (Lipinski definition) is 6. The van der Waals surface area contributed by atoms with E-state index in [1.807, 2.05) is 24.3 Å². The van der Waals surface area contributed by atoms with Gasteiger partial charge >= 0.3 is 0 Å². The first-order valence-electron chi connectivity index (χ1n) is 5.40. The van der Waals surface area contributed by atoms with E-state index in [-0.39, 0.29) is 11.7 Å². The average Bonchev–Trinajstić information content (AvgIpc) is 2.89. The zero-order valence-corrected chi connectivity index (χ0v) is 11.2. The van der Waals surface area contributed by atoms with Gasteiger partial charge in [-0.15, -0.1) is 0 Å². The van der Waals surface area contributed by atoms with Crippen molar-refractivity contribution < 1.29 is 4.52 Å². The Hall–Kier alpha value is -2.28. The van der Waals surface area contributed by atoms with Crippen molar-refractivity contribution in [3.8, 4) is 23.0 Å². The number of benzene rings is 1. The van der Waals surface area contributed by atoms with E-state index >= 15 is 0 Å². The van der Waals surface area contributed by atoms with Crippen LogP contribution in [0.15, 0.2) is 45.7 Å². The van der Waals surface area contributed by atoms with Gasteiger partial charge in [0.2, 0.25) is 5.82 Å². The summed E-state index contributed by atoms with van der Waals surface area (Å²) in [7, 11) is 0. The summed E-state index contributed by atoms with van der Waals surface area (Å²) in [6, 6.07) is 7.60. The lowest BCUT2D eigenvalue weighted by Gasteiger charge is -1.96. The van der Waals surface area contributed by atoms with Crippen LogP contribution >= 0.6 is 15.9 Å². The molecule has 0 spiro atoms. The summed E-state index contributed by atoms with van der Waals surface area (Å²) < 4.78 is 6.11. The standard InChI is InChI=1S/C12H8BrN5O/c13-8-3-1-2-7(6-8)11-17-12(19-18-11)9-10(14)16-5-4-15-9/h1-6H,(H2,14,16). The molecule has 0 aliphatic heterocycles. The molecule has 3 aromatic rings. The van der Waals surface area contributed by atoms with Crippen LogP contribution in [-0.4, -0.2) is 20.1 Å². The van der Waals surface area contributed by atoms with Gasteiger partial charge in [-0.25, -0.2) is 9.97 Å². The highest BCUT2D eigenvalue weighted by Gasteiger charge is 2.14. The number of halogens is 1. The third-order valence-electron chi connectivity index (χ3n) is 2.44. The van der Waals surface area contributed by atoms with Crippen molar-refractivity contribution >= 4 is 21.7 Å². The van der Waals surface area contributed by atoms with Crippen LogP contribution in [0.25, 0.3) is 23.0 Å². The van der Waals surface area contributed by atoms with Crippen LogP contribution in [0.1, 0.15) is 0 Å². The fourth-order valence-electron chi connectivity index (χ4n) is 1.58. The molecule has 6 nitrogen and oxygen atoms in total. The van der Waals surface area contributed by atoms with E-state index in [0.29, 0.717) is 11.5 Å². The molecule has 0 saturated carbocycles. The van der Waals surface area contributed by atoms with E-state index in [1.54, 1.807) is 0 Å². The van der Waals surface area contributed by atoms with Crippen LogP contribution in [0.5, 0.6) is 0 Å². The maximum atomic E-state index is 5.72. The summed E-state index contributed by atoms with van der Waals surface area (Å²) in [5.74, 6) is 0.980. The number of nitrogens with two attached hydrogens (primary N) is 1. The molecule has 0 radical (unpaired) electrons. The Balaban J connectivity index is 2.03. The number of nitrogen functional groups attached to an aromatic ring is 1. The van der Waals surface area contributed by atoms with Gasteiger partial charge in [-0.2, -0.15) is 4.98 Å². The van der Waals surface area contributed by atoms with Crippen molar-refractivity contribution in [1.82, 2.24) is 20.1 Å². The first kappa shape index (κ1) is 11.8. The number of nitrogens with zero attached hydrogens (tertiary/aromatic N) is 4. The molecule has 19 heavy (non-hydrogen) atoms. The largest absolute Gasteiger partial charge is 0.382 e. The first-order valence-corrected chi connectivity index (χ1v) is 6.20. The average molecular weight is 318 g/mol. The summed E-state index contributed by atoms with van der Waals surface area (Å²) in [6.45, 7) is 0. The molecule has 0 unspecified atom stereocenters. The molecule has 0 fully saturated rings. The van der Waals surface area contributed by atoms with Crippen molar-refractivity contribution in [1.29, 1.82) is 0 Å². The maximum absolute atomic E-state index is 5.72. The molecule has 2 aromatic heterocycles. The normalized spacial score (nSPS) is 10.6. The van der Waals surface area contributed by atoms with E-state index in [2.05, 4.69) is 36.0 Å². The predicted octanol–water partition coefficient (Wildman–Crippen LogP) is 2.54. The number of hydrogen-bond donors (Lipinski definition) is 1. The van der Waals surface area contributed by atoms with Gasteiger partial charge in [-0.3, -0.25) is 0 Å². The quantitative estimate of drug-likeness (QED) is 0.781. The zero-order valence-electron chi connectivity index (χ0n) is 9.62. The molecular formula is C12H8BrN5O. The molecular weight excluding hydrogens is 310 g/mol. The molecule has 1 aromatic carbocycles. The highest BCUT2D eigenvalue weighted by atomic mass is 79.9. The highest BCUT2D eigenvalue weighted by molar-refractivity contribution is 9.10. The molecule has 0 aliphatic rings. The van der Waals surface area contributed by atoms with E-state index in [0.717, 1.165) is 10.0 Å². The molecule has 0 saturated heterocycles. The Morgan fingerprint density at radius 3 is 2.79 bits per heavy atom.